The van der Waals surface area contributed by atoms with Gasteiger partial charge in [-0.2, -0.15) is 0 Å². The molecule has 0 aliphatic carbocycles. The van der Waals surface area contributed by atoms with Gasteiger partial charge in [0.15, 0.2) is 5.60 Å². The number of para-hydroxylation sites is 2. The molecular weight excluding hydrogens is 294 g/mol. The minimum atomic E-state index is -0.845. The average Bonchev–Trinajstić information content (AvgIpc) is 2.58. The van der Waals surface area contributed by atoms with Gasteiger partial charge in [-0.25, -0.2) is 0 Å². The first-order chi connectivity index (χ1) is 11.1. The van der Waals surface area contributed by atoms with E-state index in [1.165, 1.54) is 0 Å². The van der Waals surface area contributed by atoms with E-state index in [-0.39, 0.29) is 18.2 Å². The van der Waals surface area contributed by atoms with Crippen LogP contribution < -0.4 is 20.7 Å². The van der Waals surface area contributed by atoms with Gasteiger partial charge in [0.1, 0.15) is 5.75 Å². The Morgan fingerprint density at radius 1 is 1.30 bits per heavy atom. The van der Waals surface area contributed by atoms with E-state index in [2.05, 4.69) is 5.32 Å². The molecule has 0 saturated heterocycles. The molecule has 1 heterocycles. The van der Waals surface area contributed by atoms with Gasteiger partial charge in [-0.05, 0) is 25.0 Å². The maximum Gasteiger partial charge on any atom is 0.271 e. The summed E-state index contributed by atoms with van der Waals surface area (Å²) in [6.45, 7) is 5.07. The second kappa shape index (κ2) is 7.46. The van der Waals surface area contributed by atoms with Gasteiger partial charge in [0.2, 0.25) is 5.91 Å². The van der Waals surface area contributed by atoms with E-state index < -0.39 is 5.60 Å². The smallest absolute Gasteiger partial charge is 0.271 e. The van der Waals surface area contributed by atoms with Gasteiger partial charge in [-0.15, -0.1) is 0 Å². The van der Waals surface area contributed by atoms with E-state index in [0.29, 0.717) is 38.2 Å². The lowest BCUT2D eigenvalue weighted by Gasteiger charge is -2.41. The maximum atomic E-state index is 12.9. The standard InChI is InChI=1S/C17H25N3O3/c1-3-17(4-2)16(22)20(12-9-15(21)19-11-10-18)13-7-5-6-8-14(13)23-17/h5-8H,3-4,9-12,18H2,1-2H3,(H,19,21). The van der Waals surface area contributed by atoms with E-state index in [4.69, 9.17) is 10.5 Å². The number of anilines is 1. The summed E-state index contributed by atoms with van der Waals surface area (Å²) >= 11 is 0. The number of rotatable bonds is 7. The van der Waals surface area contributed by atoms with Crippen molar-refractivity contribution in [3.05, 3.63) is 24.3 Å². The first-order valence-corrected chi connectivity index (χ1v) is 8.14. The second-order valence-corrected chi connectivity index (χ2v) is 5.62. The molecule has 0 bridgehead atoms. The number of carbonyl (C=O) groups excluding carboxylic acids is 2. The third-order valence-corrected chi connectivity index (χ3v) is 4.27. The van der Waals surface area contributed by atoms with Crippen LogP contribution in [0.2, 0.25) is 0 Å². The van der Waals surface area contributed by atoms with Crippen molar-refractivity contribution in [3.8, 4) is 5.75 Å². The predicted molar refractivity (Wildman–Crippen MR) is 89.4 cm³/mol. The molecule has 0 unspecified atom stereocenters. The fourth-order valence-electron chi connectivity index (χ4n) is 2.81. The lowest BCUT2D eigenvalue weighted by molar-refractivity contribution is -0.136. The molecule has 0 atom stereocenters. The Labute approximate surface area is 137 Å². The largest absolute Gasteiger partial charge is 0.475 e. The van der Waals surface area contributed by atoms with Gasteiger partial charge in [-0.1, -0.05) is 26.0 Å². The van der Waals surface area contributed by atoms with Crippen LogP contribution in [0, 0.1) is 0 Å². The van der Waals surface area contributed by atoms with Crippen LogP contribution in [0.5, 0.6) is 5.75 Å². The highest BCUT2D eigenvalue weighted by Gasteiger charge is 2.45. The molecule has 126 valence electrons. The van der Waals surface area contributed by atoms with Crippen molar-refractivity contribution in [1.82, 2.24) is 5.32 Å². The zero-order valence-electron chi connectivity index (χ0n) is 13.8. The molecule has 6 heteroatoms. The van der Waals surface area contributed by atoms with E-state index in [0.717, 1.165) is 5.69 Å². The molecule has 0 saturated carbocycles. The minimum absolute atomic E-state index is 0.0761. The predicted octanol–water partition coefficient (Wildman–Crippen LogP) is 1.44. The number of hydrogen-bond acceptors (Lipinski definition) is 4. The zero-order valence-corrected chi connectivity index (χ0v) is 13.8. The van der Waals surface area contributed by atoms with Crippen LogP contribution in [-0.4, -0.2) is 37.0 Å². The van der Waals surface area contributed by atoms with Crippen molar-refractivity contribution in [2.75, 3.05) is 24.5 Å². The van der Waals surface area contributed by atoms with Gasteiger partial charge in [0.25, 0.3) is 5.91 Å². The Morgan fingerprint density at radius 3 is 2.65 bits per heavy atom. The molecule has 6 nitrogen and oxygen atoms in total. The van der Waals surface area contributed by atoms with Gasteiger partial charge >= 0.3 is 0 Å². The van der Waals surface area contributed by atoms with Crippen molar-refractivity contribution in [3.63, 3.8) is 0 Å². The maximum absolute atomic E-state index is 12.9. The molecule has 1 aromatic rings. The monoisotopic (exact) mass is 319 g/mol. The third-order valence-electron chi connectivity index (χ3n) is 4.27. The van der Waals surface area contributed by atoms with Gasteiger partial charge in [0, 0.05) is 26.1 Å². The molecule has 0 spiro atoms. The van der Waals surface area contributed by atoms with E-state index in [1.807, 2.05) is 38.1 Å². The number of nitrogens with two attached hydrogens (primary N) is 1. The third kappa shape index (κ3) is 3.47. The Morgan fingerprint density at radius 2 is 2.00 bits per heavy atom. The minimum Gasteiger partial charge on any atom is -0.475 e. The first-order valence-electron chi connectivity index (χ1n) is 8.14. The molecule has 0 aromatic heterocycles. The van der Waals surface area contributed by atoms with Gasteiger partial charge < -0.3 is 20.7 Å². The SMILES string of the molecule is CCC1(CC)Oc2ccccc2N(CCC(=O)NCCN)C1=O. The van der Waals surface area contributed by atoms with Crippen LogP contribution in [0.25, 0.3) is 0 Å². The lowest BCUT2D eigenvalue weighted by atomic mass is 9.92. The molecule has 2 amide bonds. The topological polar surface area (TPSA) is 84.7 Å². The summed E-state index contributed by atoms with van der Waals surface area (Å²) < 4.78 is 6.02. The highest BCUT2D eigenvalue weighted by atomic mass is 16.5. The highest BCUT2D eigenvalue weighted by Crippen LogP contribution is 2.40. The lowest BCUT2D eigenvalue weighted by Crippen LogP contribution is -2.56. The average molecular weight is 319 g/mol. The molecule has 1 aliphatic heterocycles. The summed E-state index contributed by atoms with van der Waals surface area (Å²) in [4.78, 5) is 26.5. The quantitative estimate of drug-likeness (QED) is 0.796. The normalized spacial score (nSPS) is 15.8. The van der Waals surface area contributed by atoms with Crippen molar-refractivity contribution < 1.29 is 14.3 Å². The number of hydrogen-bond donors (Lipinski definition) is 2. The summed E-state index contributed by atoms with van der Waals surface area (Å²) in [7, 11) is 0. The van der Waals surface area contributed by atoms with Crippen LogP contribution in [0.1, 0.15) is 33.1 Å². The Balaban J connectivity index is 2.22. The zero-order chi connectivity index (χ0) is 16.9. The number of nitrogens with zero attached hydrogens (tertiary/aromatic N) is 1. The molecular formula is C17H25N3O3. The van der Waals surface area contributed by atoms with Gasteiger partial charge in [0.05, 0.1) is 5.69 Å². The number of nitrogens with one attached hydrogen (secondary N) is 1. The van der Waals surface area contributed by atoms with Gasteiger partial charge in [-0.3, -0.25) is 9.59 Å². The van der Waals surface area contributed by atoms with Crippen LogP contribution in [0.4, 0.5) is 5.69 Å². The summed E-state index contributed by atoms with van der Waals surface area (Å²) in [5.74, 6) is 0.511. The summed E-state index contributed by atoms with van der Waals surface area (Å²) in [5.41, 5.74) is 5.26. The fraction of sp³-hybridized carbons (Fsp3) is 0.529. The van der Waals surface area contributed by atoms with Crippen LogP contribution >= 0.6 is 0 Å². The number of ether oxygens (including phenoxy) is 1. The molecule has 2 rings (SSSR count). The van der Waals surface area contributed by atoms with E-state index in [9.17, 15) is 9.59 Å². The highest BCUT2D eigenvalue weighted by molar-refractivity contribution is 6.03. The fourth-order valence-corrected chi connectivity index (χ4v) is 2.81. The van der Waals surface area contributed by atoms with Crippen LogP contribution in [-0.2, 0) is 9.59 Å². The van der Waals surface area contributed by atoms with Crippen molar-refractivity contribution in [2.45, 2.75) is 38.7 Å². The van der Waals surface area contributed by atoms with Crippen molar-refractivity contribution in [1.29, 1.82) is 0 Å². The van der Waals surface area contributed by atoms with E-state index in [1.54, 1.807) is 4.90 Å². The Bertz CT molecular complexity index is 570. The molecule has 1 aliphatic rings. The molecule has 1 aromatic carbocycles. The molecule has 0 radical (unpaired) electrons. The Hall–Kier alpha value is -2.08. The number of amides is 2. The van der Waals surface area contributed by atoms with Crippen LogP contribution in [0.3, 0.4) is 0 Å². The number of fused-ring (bicyclic) bond motifs is 1. The number of carbonyl (C=O) groups is 2. The number of benzene rings is 1. The second-order valence-electron chi connectivity index (χ2n) is 5.62. The Kier molecular flexibility index (Phi) is 5.60. The summed E-state index contributed by atoms with van der Waals surface area (Å²) in [5, 5.41) is 2.73. The molecule has 3 N–H and O–H groups in total. The van der Waals surface area contributed by atoms with Crippen LogP contribution in [0.15, 0.2) is 24.3 Å². The summed E-state index contributed by atoms with van der Waals surface area (Å²) in [6, 6.07) is 7.46. The molecule has 23 heavy (non-hydrogen) atoms. The molecule has 0 fully saturated rings. The summed E-state index contributed by atoms with van der Waals surface area (Å²) in [6.07, 6.45) is 1.42. The first kappa shape index (κ1) is 17.3. The van der Waals surface area contributed by atoms with Crippen molar-refractivity contribution >= 4 is 17.5 Å². The van der Waals surface area contributed by atoms with E-state index >= 15 is 0 Å². The van der Waals surface area contributed by atoms with Crippen molar-refractivity contribution in [2.24, 2.45) is 5.73 Å².